The minimum Gasteiger partial charge on any atom is -0.492 e. The van der Waals surface area contributed by atoms with E-state index < -0.39 is 0 Å². The minimum absolute atomic E-state index is 0.0118. The highest BCUT2D eigenvalue weighted by molar-refractivity contribution is 5.68. The average molecular weight is 255 g/mol. The predicted octanol–water partition coefficient (Wildman–Crippen LogP) is 2.42. The van der Waals surface area contributed by atoms with Crippen LogP contribution in [0.5, 0.6) is 11.8 Å². The molecule has 5 nitrogen and oxygen atoms in total. The topological polar surface area (TPSA) is 59.7 Å². The van der Waals surface area contributed by atoms with Crippen LogP contribution in [0.1, 0.15) is 5.56 Å². The van der Waals surface area contributed by atoms with E-state index in [1.54, 1.807) is 12.1 Å². The van der Waals surface area contributed by atoms with E-state index in [0.717, 1.165) is 11.1 Å². The Morgan fingerprint density at radius 2 is 1.84 bits per heavy atom. The van der Waals surface area contributed by atoms with Gasteiger partial charge in [-0.2, -0.15) is 4.52 Å². The molecule has 0 aliphatic heterocycles. The Hall–Kier alpha value is -2.56. The molecule has 3 rings (SSSR count). The zero-order valence-electron chi connectivity index (χ0n) is 10.7. The summed E-state index contributed by atoms with van der Waals surface area (Å²) in [7, 11) is 1.53. The van der Waals surface area contributed by atoms with Crippen LogP contribution in [0.25, 0.3) is 16.9 Å². The summed E-state index contributed by atoms with van der Waals surface area (Å²) < 4.78 is 6.41. The van der Waals surface area contributed by atoms with E-state index in [1.807, 2.05) is 31.2 Å². The second-order valence-corrected chi connectivity index (χ2v) is 4.30. The highest BCUT2D eigenvalue weighted by atomic mass is 16.5. The second-order valence-electron chi connectivity index (χ2n) is 4.30. The maximum Gasteiger partial charge on any atom is 0.241 e. The Kier molecular flexibility index (Phi) is 2.59. The van der Waals surface area contributed by atoms with Crippen molar-refractivity contribution in [2.24, 2.45) is 0 Å². The zero-order chi connectivity index (χ0) is 13.4. The van der Waals surface area contributed by atoms with Crippen molar-refractivity contribution >= 4 is 5.65 Å². The molecule has 2 heterocycles. The summed E-state index contributed by atoms with van der Waals surface area (Å²) in [6.45, 7) is 2.01. The van der Waals surface area contributed by atoms with Crippen molar-refractivity contribution in [1.82, 2.24) is 14.6 Å². The predicted molar refractivity (Wildman–Crippen MR) is 71.4 cm³/mol. The van der Waals surface area contributed by atoms with Crippen molar-refractivity contribution in [3.05, 3.63) is 42.0 Å². The fourth-order valence-corrected chi connectivity index (χ4v) is 1.92. The maximum atomic E-state index is 10.2. The molecule has 0 saturated carbocycles. The third-order valence-electron chi connectivity index (χ3n) is 2.96. The highest BCUT2D eigenvalue weighted by Gasteiger charge is 2.14. The Morgan fingerprint density at radius 3 is 2.53 bits per heavy atom. The molecule has 19 heavy (non-hydrogen) atoms. The summed E-state index contributed by atoms with van der Waals surface area (Å²) >= 11 is 0. The molecule has 0 bridgehead atoms. The van der Waals surface area contributed by atoms with Gasteiger partial charge >= 0.3 is 0 Å². The third kappa shape index (κ3) is 1.89. The molecule has 0 radical (unpaired) electrons. The van der Waals surface area contributed by atoms with E-state index in [2.05, 4.69) is 10.1 Å². The Bertz CT molecular complexity index is 732. The number of nitrogens with zero attached hydrogens (tertiary/aromatic N) is 3. The average Bonchev–Trinajstić information content (AvgIpc) is 2.76. The summed E-state index contributed by atoms with van der Waals surface area (Å²) in [4.78, 5) is 4.38. The lowest BCUT2D eigenvalue weighted by molar-refractivity contribution is 0.380. The summed E-state index contributed by atoms with van der Waals surface area (Å²) in [5.41, 5.74) is 3.11. The largest absolute Gasteiger partial charge is 0.492 e. The number of aromatic hydroxyl groups is 1. The molecule has 0 spiro atoms. The van der Waals surface area contributed by atoms with Crippen LogP contribution in [-0.2, 0) is 0 Å². The van der Waals surface area contributed by atoms with Gasteiger partial charge in [-0.3, -0.25) is 0 Å². The van der Waals surface area contributed by atoms with Gasteiger partial charge in [-0.25, -0.2) is 4.98 Å². The van der Waals surface area contributed by atoms with Gasteiger partial charge in [0.25, 0.3) is 0 Å². The van der Waals surface area contributed by atoms with Gasteiger partial charge in [-0.05, 0) is 13.0 Å². The number of fused-ring (bicyclic) bond motifs is 1. The number of hydrogen-bond donors (Lipinski definition) is 1. The number of aromatic nitrogens is 3. The van der Waals surface area contributed by atoms with E-state index in [9.17, 15) is 5.11 Å². The van der Waals surface area contributed by atoms with Crippen LogP contribution in [-0.4, -0.2) is 26.8 Å². The monoisotopic (exact) mass is 255 g/mol. The van der Waals surface area contributed by atoms with Gasteiger partial charge in [0, 0.05) is 11.6 Å². The molecule has 0 atom stereocenters. The van der Waals surface area contributed by atoms with Crippen LogP contribution < -0.4 is 4.74 Å². The second kappa shape index (κ2) is 4.28. The van der Waals surface area contributed by atoms with E-state index in [1.165, 1.54) is 11.6 Å². The van der Waals surface area contributed by atoms with Gasteiger partial charge in [0.15, 0.2) is 5.65 Å². The van der Waals surface area contributed by atoms with Crippen LogP contribution in [0.4, 0.5) is 0 Å². The Morgan fingerprint density at radius 1 is 1.11 bits per heavy atom. The fourth-order valence-electron chi connectivity index (χ4n) is 1.92. The molecule has 2 aromatic heterocycles. The van der Waals surface area contributed by atoms with E-state index >= 15 is 0 Å². The van der Waals surface area contributed by atoms with Crippen molar-refractivity contribution in [1.29, 1.82) is 0 Å². The van der Waals surface area contributed by atoms with Gasteiger partial charge in [0.05, 0.1) is 7.11 Å². The standard InChI is InChI=1S/C14H13N3O2/c1-9-3-5-10(6-4-9)13-14(18)17-11(15-13)7-8-12(16-17)19-2/h3-8,18H,1-2H3. The van der Waals surface area contributed by atoms with E-state index in [-0.39, 0.29) is 5.88 Å². The third-order valence-corrected chi connectivity index (χ3v) is 2.96. The van der Waals surface area contributed by atoms with Crippen LogP contribution >= 0.6 is 0 Å². The van der Waals surface area contributed by atoms with E-state index in [0.29, 0.717) is 17.2 Å². The molecule has 0 unspecified atom stereocenters. The first-order chi connectivity index (χ1) is 9.19. The highest BCUT2D eigenvalue weighted by Crippen LogP contribution is 2.29. The maximum absolute atomic E-state index is 10.2. The van der Waals surface area contributed by atoms with Crippen LogP contribution in [0.15, 0.2) is 36.4 Å². The van der Waals surface area contributed by atoms with Crippen LogP contribution in [0, 0.1) is 6.92 Å². The first kappa shape index (κ1) is 11.5. The molecule has 0 fully saturated rings. The number of ether oxygens (including phenoxy) is 1. The lowest BCUT2D eigenvalue weighted by Crippen LogP contribution is -1.94. The quantitative estimate of drug-likeness (QED) is 0.764. The number of methoxy groups -OCH3 is 1. The molecule has 0 saturated heterocycles. The summed E-state index contributed by atoms with van der Waals surface area (Å²) in [5.74, 6) is 0.438. The van der Waals surface area contributed by atoms with Gasteiger partial charge in [-0.1, -0.05) is 29.8 Å². The number of rotatable bonds is 2. The number of aryl methyl sites for hydroxylation is 1. The molecule has 0 aliphatic carbocycles. The lowest BCUT2D eigenvalue weighted by atomic mass is 10.1. The van der Waals surface area contributed by atoms with Crippen LogP contribution in [0.2, 0.25) is 0 Å². The van der Waals surface area contributed by atoms with Gasteiger partial charge in [-0.15, -0.1) is 5.10 Å². The SMILES string of the molecule is COc1ccc2nc(-c3ccc(C)cc3)c(O)n2n1. The number of hydrogen-bond acceptors (Lipinski definition) is 4. The molecule has 0 amide bonds. The molecule has 5 heteroatoms. The van der Waals surface area contributed by atoms with Crippen molar-refractivity contribution < 1.29 is 9.84 Å². The van der Waals surface area contributed by atoms with Crippen LogP contribution in [0.3, 0.4) is 0 Å². The van der Waals surface area contributed by atoms with Crippen molar-refractivity contribution in [3.63, 3.8) is 0 Å². The summed E-state index contributed by atoms with van der Waals surface area (Å²) in [6.07, 6.45) is 0. The number of imidazole rings is 1. The molecular formula is C14H13N3O2. The smallest absolute Gasteiger partial charge is 0.241 e. The molecule has 96 valence electrons. The van der Waals surface area contributed by atoms with Crippen molar-refractivity contribution in [2.75, 3.05) is 7.11 Å². The first-order valence-corrected chi connectivity index (χ1v) is 5.89. The Balaban J connectivity index is 2.19. The molecule has 3 aromatic rings. The normalized spacial score (nSPS) is 10.8. The molecule has 1 N–H and O–H groups in total. The zero-order valence-corrected chi connectivity index (χ0v) is 10.7. The summed E-state index contributed by atoms with van der Waals surface area (Å²) in [6, 6.07) is 11.3. The van der Waals surface area contributed by atoms with Gasteiger partial charge < -0.3 is 9.84 Å². The molecular weight excluding hydrogens is 242 g/mol. The van der Waals surface area contributed by atoms with Gasteiger partial charge in [0.1, 0.15) is 5.69 Å². The van der Waals surface area contributed by atoms with E-state index in [4.69, 9.17) is 4.74 Å². The number of benzene rings is 1. The van der Waals surface area contributed by atoms with Gasteiger partial charge in [0.2, 0.25) is 11.8 Å². The van der Waals surface area contributed by atoms with Crippen molar-refractivity contribution in [3.8, 4) is 23.0 Å². The fraction of sp³-hybridized carbons (Fsp3) is 0.143. The summed E-state index contributed by atoms with van der Waals surface area (Å²) in [5, 5.41) is 14.4. The van der Waals surface area contributed by atoms with Crippen molar-refractivity contribution in [2.45, 2.75) is 6.92 Å². The molecule has 1 aromatic carbocycles. The first-order valence-electron chi connectivity index (χ1n) is 5.89. The lowest BCUT2D eigenvalue weighted by Gasteiger charge is -2.00. The minimum atomic E-state index is 0.0118. The Labute approximate surface area is 110 Å². The molecule has 0 aliphatic rings.